The second-order valence-corrected chi connectivity index (χ2v) is 8.01. The van der Waals surface area contributed by atoms with Crippen LogP contribution in [-0.4, -0.2) is 55.2 Å². The van der Waals surface area contributed by atoms with Crippen LogP contribution in [0.3, 0.4) is 0 Å². The highest BCUT2D eigenvalue weighted by atomic mass is 32.2. The highest BCUT2D eigenvalue weighted by molar-refractivity contribution is 7.99. The molecule has 1 amide bonds. The number of fused-ring (bicyclic) bond motifs is 3. The van der Waals surface area contributed by atoms with Gasteiger partial charge in [-0.2, -0.15) is 11.8 Å². The van der Waals surface area contributed by atoms with Crippen molar-refractivity contribution in [1.82, 2.24) is 0 Å². The molecule has 2 atom stereocenters. The summed E-state index contributed by atoms with van der Waals surface area (Å²) < 4.78 is 26.0. The van der Waals surface area contributed by atoms with E-state index in [1.54, 1.807) is 6.07 Å². The molecule has 2 fully saturated rings. The topological polar surface area (TPSA) is 59.1 Å². The molecule has 8 heteroatoms. The van der Waals surface area contributed by atoms with E-state index in [-0.39, 0.29) is 24.2 Å². The van der Waals surface area contributed by atoms with Crippen LogP contribution in [0.4, 0.5) is 20.6 Å². The molecular formula is C18H21FN2O4S. The van der Waals surface area contributed by atoms with Crippen molar-refractivity contribution in [2.24, 2.45) is 0 Å². The number of carbonyl (C=O) groups excluding carboxylic acids is 2. The van der Waals surface area contributed by atoms with E-state index in [0.29, 0.717) is 30.0 Å². The number of thioether (sulfide) groups is 1. The van der Waals surface area contributed by atoms with Gasteiger partial charge in [0, 0.05) is 43.1 Å². The summed E-state index contributed by atoms with van der Waals surface area (Å²) in [5, 5.41) is 0. The molecule has 0 N–H and O–H groups in total. The van der Waals surface area contributed by atoms with Gasteiger partial charge in [-0.15, -0.1) is 0 Å². The maximum Gasteiger partial charge on any atom is 0.415 e. The minimum Gasteiger partial charge on any atom is -0.489 e. The van der Waals surface area contributed by atoms with Crippen LogP contribution in [0.15, 0.2) is 12.1 Å². The van der Waals surface area contributed by atoms with Crippen LogP contribution < -0.4 is 14.5 Å². The molecule has 3 aliphatic heterocycles. The lowest BCUT2D eigenvalue weighted by Gasteiger charge is -2.34. The van der Waals surface area contributed by atoms with Crippen molar-refractivity contribution in [3.05, 3.63) is 17.9 Å². The number of carbonyl (C=O) groups is 2. The SMILES string of the molecule is CC(=O)CC[C@@H]1OC(=O)N2c3cc(F)c(N4CCSCC4)cc3OC[C@@H]12. The van der Waals surface area contributed by atoms with Crippen molar-refractivity contribution in [2.75, 3.05) is 41.0 Å². The summed E-state index contributed by atoms with van der Waals surface area (Å²) in [4.78, 5) is 27.1. The molecule has 1 aromatic rings. The van der Waals surface area contributed by atoms with Crippen molar-refractivity contribution >= 4 is 35.0 Å². The van der Waals surface area contributed by atoms with Gasteiger partial charge in [-0.3, -0.25) is 4.90 Å². The maximum absolute atomic E-state index is 14.8. The molecule has 0 saturated carbocycles. The maximum atomic E-state index is 14.8. The van der Waals surface area contributed by atoms with Gasteiger partial charge >= 0.3 is 6.09 Å². The highest BCUT2D eigenvalue weighted by Gasteiger charge is 2.46. The Kier molecular flexibility index (Phi) is 4.69. The average molecular weight is 380 g/mol. The second kappa shape index (κ2) is 6.98. The van der Waals surface area contributed by atoms with E-state index in [0.717, 1.165) is 24.6 Å². The third kappa shape index (κ3) is 3.11. The van der Waals surface area contributed by atoms with Gasteiger partial charge in [-0.25, -0.2) is 9.18 Å². The number of amides is 1. The second-order valence-electron chi connectivity index (χ2n) is 6.78. The highest BCUT2D eigenvalue weighted by Crippen LogP contribution is 2.43. The number of Topliss-reactive ketones (excluding diaryl/α,β-unsaturated/α-hetero) is 1. The monoisotopic (exact) mass is 380 g/mol. The fourth-order valence-electron chi connectivity index (χ4n) is 3.68. The molecule has 0 unspecified atom stereocenters. The first kappa shape index (κ1) is 17.5. The number of ketones is 1. The molecule has 3 heterocycles. The summed E-state index contributed by atoms with van der Waals surface area (Å²) in [6.07, 6.45) is -0.126. The Morgan fingerprint density at radius 1 is 1.31 bits per heavy atom. The molecule has 0 aliphatic carbocycles. The zero-order valence-electron chi connectivity index (χ0n) is 14.6. The molecule has 140 valence electrons. The molecule has 0 spiro atoms. The first-order valence-corrected chi connectivity index (χ1v) is 9.98. The lowest BCUT2D eigenvalue weighted by molar-refractivity contribution is -0.117. The molecule has 0 bridgehead atoms. The Labute approximate surface area is 155 Å². The Hall–Kier alpha value is -1.96. The van der Waals surface area contributed by atoms with Crippen LogP contribution in [0.5, 0.6) is 5.75 Å². The van der Waals surface area contributed by atoms with Crippen LogP contribution in [0.25, 0.3) is 0 Å². The number of anilines is 2. The fraction of sp³-hybridized carbons (Fsp3) is 0.556. The third-order valence-corrected chi connectivity index (χ3v) is 5.98. The van der Waals surface area contributed by atoms with E-state index in [1.165, 1.54) is 17.9 Å². The summed E-state index contributed by atoms with van der Waals surface area (Å²) >= 11 is 1.86. The van der Waals surface area contributed by atoms with Crippen molar-refractivity contribution in [2.45, 2.75) is 31.9 Å². The van der Waals surface area contributed by atoms with Gasteiger partial charge in [0.2, 0.25) is 0 Å². The number of rotatable bonds is 4. The number of benzene rings is 1. The quantitative estimate of drug-likeness (QED) is 0.801. The van der Waals surface area contributed by atoms with Crippen molar-refractivity contribution in [3.63, 3.8) is 0 Å². The van der Waals surface area contributed by atoms with E-state index in [4.69, 9.17) is 9.47 Å². The zero-order chi connectivity index (χ0) is 18.3. The van der Waals surface area contributed by atoms with Gasteiger partial charge in [0.25, 0.3) is 0 Å². The van der Waals surface area contributed by atoms with Crippen molar-refractivity contribution in [3.8, 4) is 5.75 Å². The third-order valence-electron chi connectivity index (χ3n) is 5.04. The van der Waals surface area contributed by atoms with E-state index in [9.17, 15) is 14.0 Å². The van der Waals surface area contributed by atoms with Crippen LogP contribution in [0, 0.1) is 5.82 Å². The lowest BCUT2D eigenvalue weighted by atomic mass is 10.0. The molecule has 2 saturated heterocycles. The molecule has 26 heavy (non-hydrogen) atoms. The molecule has 4 rings (SSSR count). The summed E-state index contributed by atoms with van der Waals surface area (Å²) in [5.74, 6) is 2.12. The number of cyclic esters (lactones) is 1. The minimum absolute atomic E-state index is 0.0482. The van der Waals surface area contributed by atoms with E-state index in [1.807, 2.05) is 16.7 Å². The van der Waals surface area contributed by atoms with E-state index in [2.05, 4.69) is 0 Å². The van der Waals surface area contributed by atoms with Crippen LogP contribution >= 0.6 is 11.8 Å². The van der Waals surface area contributed by atoms with Gasteiger partial charge < -0.3 is 19.2 Å². The Bertz CT molecular complexity index is 738. The fourth-order valence-corrected chi connectivity index (χ4v) is 4.58. The summed E-state index contributed by atoms with van der Waals surface area (Å²) in [7, 11) is 0. The predicted molar refractivity (Wildman–Crippen MR) is 97.9 cm³/mol. The van der Waals surface area contributed by atoms with Gasteiger partial charge in [0.1, 0.15) is 36.1 Å². The summed E-state index contributed by atoms with van der Waals surface area (Å²) in [6.45, 7) is 3.38. The number of halogens is 1. The van der Waals surface area contributed by atoms with Crippen LogP contribution in [0.2, 0.25) is 0 Å². The molecule has 0 aromatic heterocycles. The molecule has 3 aliphatic rings. The number of hydrogen-bond donors (Lipinski definition) is 0. The average Bonchev–Trinajstić information content (AvgIpc) is 2.96. The number of nitrogens with zero attached hydrogens (tertiary/aromatic N) is 2. The van der Waals surface area contributed by atoms with Crippen LogP contribution in [0.1, 0.15) is 19.8 Å². The Balaban J connectivity index is 1.60. The normalized spacial score (nSPS) is 24.6. The first-order chi connectivity index (χ1) is 12.5. The number of hydrogen-bond acceptors (Lipinski definition) is 6. The summed E-state index contributed by atoms with van der Waals surface area (Å²) in [5.41, 5.74) is 0.924. The van der Waals surface area contributed by atoms with Gasteiger partial charge in [-0.05, 0) is 13.3 Å². The van der Waals surface area contributed by atoms with E-state index < -0.39 is 12.2 Å². The molecule has 0 radical (unpaired) electrons. The van der Waals surface area contributed by atoms with Gasteiger partial charge in [-0.1, -0.05) is 0 Å². The van der Waals surface area contributed by atoms with Crippen LogP contribution in [-0.2, 0) is 9.53 Å². The largest absolute Gasteiger partial charge is 0.489 e. The van der Waals surface area contributed by atoms with E-state index >= 15 is 0 Å². The van der Waals surface area contributed by atoms with Crippen molar-refractivity contribution < 1.29 is 23.5 Å². The number of ether oxygens (including phenoxy) is 2. The first-order valence-electron chi connectivity index (χ1n) is 8.83. The predicted octanol–water partition coefficient (Wildman–Crippen LogP) is 2.83. The van der Waals surface area contributed by atoms with Gasteiger partial charge in [0.15, 0.2) is 0 Å². The Morgan fingerprint density at radius 3 is 2.81 bits per heavy atom. The standard InChI is InChI=1S/C18H21FN2O4S/c1-11(22)2-3-16-15-10-24-17-9-13(20-4-6-26-7-5-20)12(19)8-14(17)21(15)18(23)25-16/h8-9,15-16H,2-7,10H2,1H3/t15-,16-/m0/s1. The lowest BCUT2D eigenvalue weighted by Crippen LogP contribution is -2.44. The van der Waals surface area contributed by atoms with Gasteiger partial charge in [0.05, 0.1) is 11.4 Å². The van der Waals surface area contributed by atoms with Crippen molar-refractivity contribution in [1.29, 1.82) is 0 Å². The molecule has 6 nitrogen and oxygen atoms in total. The summed E-state index contributed by atoms with van der Waals surface area (Å²) in [6, 6.07) is 2.73. The molecular weight excluding hydrogens is 359 g/mol. The Morgan fingerprint density at radius 2 is 2.08 bits per heavy atom. The zero-order valence-corrected chi connectivity index (χ0v) is 15.4. The minimum atomic E-state index is -0.505. The smallest absolute Gasteiger partial charge is 0.415 e. The molecule has 1 aromatic carbocycles.